The summed E-state index contributed by atoms with van der Waals surface area (Å²) in [4.78, 5) is 0. The van der Waals surface area contributed by atoms with Gasteiger partial charge in [0.15, 0.2) is 0 Å². The molecular weight excluding hydrogens is 218 g/mol. The standard InChI is InChI=1S/C17H25N/c1-12-7-5-6-8-14(12)18-15-16(2,3)13-9-10-17(15,4)11-13/h5-8,13,15,18H,9-11H2,1-4H3/t13-,15?,17+/m0/s1. The number of para-hydroxylation sites is 1. The van der Waals surface area contributed by atoms with Gasteiger partial charge in [0.2, 0.25) is 0 Å². The normalized spacial score (nSPS) is 36.9. The molecule has 3 rings (SSSR count). The molecule has 2 aliphatic carbocycles. The fraction of sp³-hybridized carbons (Fsp3) is 0.647. The van der Waals surface area contributed by atoms with E-state index in [2.05, 4.69) is 57.3 Å². The highest BCUT2D eigenvalue weighted by molar-refractivity contribution is 5.52. The summed E-state index contributed by atoms with van der Waals surface area (Å²) in [6.07, 6.45) is 4.23. The summed E-state index contributed by atoms with van der Waals surface area (Å²) in [6, 6.07) is 9.29. The molecular formula is C17H25N. The number of rotatable bonds is 2. The van der Waals surface area contributed by atoms with Gasteiger partial charge >= 0.3 is 0 Å². The van der Waals surface area contributed by atoms with Gasteiger partial charge in [-0.15, -0.1) is 0 Å². The quantitative estimate of drug-likeness (QED) is 0.799. The lowest BCUT2D eigenvalue weighted by molar-refractivity contribution is 0.155. The molecule has 1 aromatic carbocycles. The van der Waals surface area contributed by atoms with Crippen LogP contribution >= 0.6 is 0 Å². The van der Waals surface area contributed by atoms with Gasteiger partial charge in [0.05, 0.1) is 0 Å². The van der Waals surface area contributed by atoms with Gasteiger partial charge in [-0.25, -0.2) is 0 Å². The third-order valence-corrected chi connectivity index (χ3v) is 5.71. The molecule has 1 aromatic rings. The van der Waals surface area contributed by atoms with Gasteiger partial charge in [0, 0.05) is 11.7 Å². The van der Waals surface area contributed by atoms with E-state index in [9.17, 15) is 0 Å². The molecule has 0 aromatic heterocycles. The number of fused-ring (bicyclic) bond motifs is 2. The van der Waals surface area contributed by atoms with Crippen LogP contribution in [0, 0.1) is 23.7 Å². The number of hydrogen-bond acceptors (Lipinski definition) is 1. The van der Waals surface area contributed by atoms with Gasteiger partial charge in [0.25, 0.3) is 0 Å². The van der Waals surface area contributed by atoms with Crippen LogP contribution in [0.25, 0.3) is 0 Å². The predicted molar refractivity (Wildman–Crippen MR) is 77.8 cm³/mol. The third kappa shape index (κ3) is 1.60. The van der Waals surface area contributed by atoms with Crippen LogP contribution in [-0.2, 0) is 0 Å². The van der Waals surface area contributed by atoms with Crippen LogP contribution in [0.2, 0.25) is 0 Å². The van der Waals surface area contributed by atoms with Crippen molar-refractivity contribution in [2.45, 2.75) is 53.0 Å². The van der Waals surface area contributed by atoms with Gasteiger partial charge in [-0.3, -0.25) is 0 Å². The summed E-state index contributed by atoms with van der Waals surface area (Å²) < 4.78 is 0. The van der Waals surface area contributed by atoms with Crippen molar-refractivity contribution in [3.8, 4) is 0 Å². The van der Waals surface area contributed by atoms with E-state index in [4.69, 9.17) is 0 Å². The lowest BCUT2D eigenvalue weighted by Gasteiger charge is -2.44. The molecule has 1 unspecified atom stereocenters. The van der Waals surface area contributed by atoms with Crippen molar-refractivity contribution in [1.82, 2.24) is 0 Å². The first-order valence-electron chi connectivity index (χ1n) is 7.26. The lowest BCUT2D eigenvalue weighted by atomic mass is 9.68. The Morgan fingerprint density at radius 1 is 1.17 bits per heavy atom. The van der Waals surface area contributed by atoms with E-state index in [0.29, 0.717) is 16.9 Å². The van der Waals surface area contributed by atoms with E-state index in [1.54, 1.807) is 0 Å². The van der Waals surface area contributed by atoms with Crippen LogP contribution in [-0.4, -0.2) is 6.04 Å². The van der Waals surface area contributed by atoms with Crippen molar-refractivity contribution in [2.24, 2.45) is 16.7 Å². The SMILES string of the molecule is Cc1ccccc1NC1C(C)(C)[C@H]2CC[C@]1(C)C2. The molecule has 1 heteroatoms. The number of nitrogens with one attached hydrogen (secondary N) is 1. The van der Waals surface area contributed by atoms with E-state index in [-0.39, 0.29) is 0 Å². The van der Waals surface area contributed by atoms with Crippen molar-refractivity contribution in [3.05, 3.63) is 29.8 Å². The monoisotopic (exact) mass is 243 g/mol. The van der Waals surface area contributed by atoms with Gasteiger partial charge in [-0.05, 0) is 54.6 Å². The minimum Gasteiger partial charge on any atom is -0.381 e. The Balaban J connectivity index is 1.91. The van der Waals surface area contributed by atoms with Crippen molar-refractivity contribution < 1.29 is 0 Å². The molecule has 1 nitrogen and oxygen atoms in total. The maximum absolute atomic E-state index is 3.87. The fourth-order valence-electron chi connectivity index (χ4n) is 4.55. The van der Waals surface area contributed by atoms with E-state index >= 15 is 0 Å². The van der Waals surface area contributed by atoms with Gasteiger partial charge in [-0.1, -0.05) is 39.0 Å². The van der Waals surface area contributed by atoms with Gasteiger partial charge < -0.3 is 5.32 Å². The van der Waals surface area contributed by atoms with E-state index in [1.165, 1.54) is 30.5 Å². The highest BCUT2D eigenvalue weighted by atomic mass is 15.0. The Kier molecular flexibility index (Phi) is 2.52. The molecule has 1 N–H and O–H groups in total. The molecule has 3 atom stereocenters. The molecule has 0 saturated heterocycles. The summed E-state index contributed by atoms with van der Waals surface area (Å²) in [7, 11) is 0. The zero-order chi connectivity index (χ0) is 13.0. The summed E-state index contributed by atoms with van der Waals surface area (Å²) >= 11 is 0. The van der Waals surface area contributed by atoms with Crippen molar-refractivity contribution in [3.63, 3.8) is 0 Å². The van der Waals surface area contributed by atoms with Crippen LogP contribution in [0.15, 0.2) is 24.3 Å². The second kappa shape index (κ2) is 3.76. The smallest absolute Gasteiger partial charge is 0.0372 e. The van der Waals surface area contributed by atoms with E-state index < -0.39 is 0 Å². The van der Waals surface area contributed by atoms with Gasteiger partial charge in [-0.2, -0.15) is 0 Å². The Bertz CT molecular complexity index is 458. The van der Waals surface area contributed by atoms with Crippen molar-refractivity contribution >= 4 is 5.69 Å². The average Bonchev–Trinajstić information content (AvgIpc) is 2.78. The fourth-order valence-corrected chi connectivity index (χ4v) is 4.55. The topological polar surface area (TPSA) is 12.0 Å². The third-order valence-electron chi connectivity index (χ3n) is 5.71. The molecule has 0 heterocycles. The maximum Gasteiger partial charge on any atom is 0.0372 e. The minimum atomic E-state index is 0.426. The molecule has 0 spiro atoms. The first kappa shape index (κ1) is 12.1. The molecule has 2 fully saturated rings. The summed E-state index contributed by atoms with van der Waals surface area (Å²) in [5.74, 6) is 0.906. The van der Waals surface area contributed by atoms with Crippen LogP contribution in [0.5, 0.6) is 0 Å². The molecule has 2 bridgehead atoms. The Hall–Kier alpha value is -0.980. The lowest BCUT2D eigenvalue weighted by Crippen LogP contribution is -2.45. The number of aryl methyl sites for hydroxylation is 1. The first-order valence-corrected chi connectivity index (χ1v) is 7.26. The number of anilines is 1. The molecule has 0 amide bonds. The van der Waals surface area contributed by atoms with Crippen LogP contribution in [0.3, 0.4) is 0 Å². The second-order valence-corrected chi connectivity index (χ2v) is 7.31. The highest BCUT2D eigenvalue weighted by Gasteiger charge is 2.59. The Morgan fingerprint density at radius 3 is 2.50 bits per heavy atom. The molecule has 0 radical (unpaired) electrons. The number of hydrogen-bond donors (Lipinski definition) is 1. The first-order chi connectivity index (χ1) is 8.43. The van der Waals surface area contributed by atoms with Crippen LogP contribution < -0.4 is 5.32 Å². The minimum absolute atomic E-state index is 0.426. The molecule has 2 aliphatic rings. The number of benzene rings is 1. The summed E-state index contributed by atoms with van der Waals surface area (Å²) in [5.41, 5.74) is 3.61. The Labute approximate surface area is 111 Å². The largest absolute Gasteiger partial charge is 0.381 e. The molecule has 0 aliphatic heterocycles. The highest BCUT2D eigenvalue weighted by Crippen LogP contribution is 2.63. The zero-order valence-electron chi connectivity index (χ0n) is 12.1. The predicted octanol–water partition coefficient (Wildman–Crippen LogP) is 4.62. The van der Waals surface area contributed by atoms with E-state index in [1.807, 2.05) is 0 Å². The average molecular weight is 243 g/mol. The Morgan fingerprint density at radius 2 is 1.89 bits per heavy atom. The second-order valence-electron chi connectivity index (χ2n) is 7.31. The van der Waals surface area contributed by atoms with Crippen molar-refractivity contribution in [2.75, 3.05) is 5.32 Å². The molecule has 18 heavy (non-hydrogen) atoms. The maximum atomic E-state index is 3.87. The molecule has 2 saturated carbocycles. The summed E-state index contributed by atoms with van der Waals surface area (Å²) in [6.45, 7) is 9.60. The van der Waals surface area contributed by atoms with Gasteiger partial charge in [0.1, 0.15) is 0 Å². The van der Waals surface area contributed by atoms with Crippen LogP contribution in [0.1, 0.15) is 45.6 Å². The van der Waals surface area contributed by atoms with Crippen molar-refractivity contribution in [1.29, 1.82) is 0 Å². The zero-order valence-corrected chi connectivity index (χ0v) is 12.1. The summed E-state index contributed by atoms with van der Waals surface area (Å²) in [5, 5.41) is 3.87. The van der Waals surface area contributed by atoms with Crippen LogP contribution in [0.4, 0.5) is 5.69 Å². The molecule has 98 valence electrons. The van der Waals surface area contributed by atoms with E-state index in [0.717, 1.165) is 5.92 Å².